The van der Waals surface area contributed by atoms with E-state index in [0.717, 1.165) is 16.6 Å². The van der Waals surface area contributed by atoms with Crippen molar-refractivity contribution >= 4 is 38.4 Å². The van der Waals surface area contributed by atoms with Gasteiger partial charge in [-0.25, -0.2) is 8.96 Å². The summed E-state index contributed by atoms with van der Waals surface area (Å²) >= 11 is 0. The van der Waals surface area contributed by atoms with E-state index in [1.54, 1.807) is 0 Å². The molecule has 0 aliphatic carbocycles. The standard InChI is InChI=1S/C27H20FN2/c1-17-6-5-8-22-21-7-3-4-9-23(21)30-24-15-12-19(18-10-13-20(28)14-11-18)16-25(24)29(2)27(30)26(17)22/h3-16H,1-2H3/q+1. The van der Waals surface area contributed by atoms with E-state index < -0.39 is 0 Å². The number of hydrogen-bond acceptors (Lipinski definition) is 0. The topological polar surface area (TPSA) is 9.03 Å². The van der Waals surface area contributed by atoms with Crippen molar-refractivity contribution in [1.82, 2.24) is 4.57 Å². The molecule has 6 aromatic rings. The number of nitrogens with zero attached hydrogens (tertiary/aromatic N) is 2. The Bertz CT molecular complexity index is 1610. The average molecular weight is 391 g/mol. The zero-order valence-corrected chi connectivity index (χ0v) is 16.9. The predicted molar refractivity (Wildman–Crippen MR) is 121 cm³/mol. The summed E-state index contributed by atoms with van der Waals surface area (Å²) in [6, 6.07) is 28.3. The zero-order valence-electron chi connectivity index (χ0n) is 16.9. The van der Waals surface area contributed by atoms with Crippen LogP contribution in [0.3, 0.4) is 0 Å². The van der Waals surface area contributed by atoms with Gasteiger partial charge in [0.25, 0.3) is 5.65 Å². The van der Waals surface area contributed by atoms with Crippen molar-refractivity contribution in [3.63, 3.8) is 0 Å². The molecule has 0 amide bonds. The van der Waals surface area contributed by atoms with E-state index >= 15 is 0 Å². The molecule has 0 saturated heterocycles. The zero-order chi connectivity index (χ0) is 20.4. The molecule has 0 aliphatic heterocycles. The molecule has 2 heterocycles. The highest BCUT2D eigenvalue weighted by Crippen LogP contribution is 2.32. The Kier molecular flexibility index (Phi) is 3.51. The second-order valence-electron chi connectivity index (χ2n) is 7.94. The number of fused-ring (bicyclic) bond motifs is 8. The number of benzene rings is 4. The van der Waals surface area contributed by atoms with Crippen LogP contribution in [0.15, 0.2) is 84.9 Å². The number of aryl methyl sites for hydroxylation is 2. The lowest BCUT2D eigenvalue weighted by Gasteiger charge is -2.06. The smallest absolute Gasteiger partial charge is 0.225 e. The maximum Gasteiger partial charge on any atom is 0.295 e. The number of pyridine rings is 1. The van der Waals surface area contributed by atoms with Crippen LogP contribution in [-0.4, -0.2) is 4.57 Å². The van der Waals surface area contributed by atoms with E-state index in [0.29, 0.717) is 0 Å². The molecule has 4 aromatic carbocycles. The fourth-order valence-corrected chi connectivity index (χ4v) is 4.79. The highest BCUT2D eigenvalue weighted by molar-refractivity contribution is 6.11. The van der Waals surface area contributed by atoms with Gasteiger partial charge < -0.3 is 0 Å². The van der Waals surface area contributed by atoms with Gasteiger partial charge in [0.15, 0.2) is 11.0 Å². The van der Waals surface area contributed by atoms with Crippen LogP contribution in [-0.2, 0) is 7.05 Å². The minimum absolute atomic E-state index is 0.214. The van der Waals surface area contributed by atoms with E-state index in [9.17, 15) is 4.39 Å². The van der Waals surface area contributed by atoms with Crippen LogP contribution >= 0.6 is 0 Å². The lowest BCUT2D eigenvalue weighted by Crippen LogP contribution is -2.22. The van der Waals surface area contributed by atoms with Crippen molar-refractivity contribution in [2.75, 3.05) is 0 Å². The first-order valence-corrected chi connectivity index (χ1v) is 10.1. The van der Waals surface area contributed by atoms with Gasteiger partial charge in [-0.2, -0.15) is 4.40 Å². The molecule has 0 radical (unpaired) electrons. The minimum atomic E-state index is -0.214. The predicted octanol–water partition coefficient (Wildman–Crippen LogP) is 6.34. The first-order chi connectivity index (χ1) is 14.6. The molecule has 2 aromatic heterocycles. The highest BCUT2D eigenvalue weighted by atomic mass is 19.1. The van der Waals surface area contributed by atoms with Crippen molar-refractivity contribution in [3.8, 4) is 11.1 Å². The Balaban J connectivity index is 1.82. The van der Waals surface area contributed by atoms with Crippen LogP contribution in [0.5, 0.6) is 0 Å². The van der Waals surface area contributed by atoms with Gasteiger partial charge in [0.2, 0.25) is 0 Å². The molecule has 0 fully saturated rings. The van der Waals surface area contributed by atoms with Crippen molar-refractivity contribution in [1.29, 1.82) is 0 Å². The third-order valence-corrected chi connectivity index (χ3v) is 6.22. The van der Waals surface area contributed by atoms with Crippen LogP contribution in [0.1, 0.15) is 5.56 Å². The van der Waals surface area contributed by atoms with Gasteiger partial charge >= 0.3 is 0 Å². The van der Waals surface area contributed by atoms with Crippen LogP contribution < -0.4 is 4.40 Å². The van der Waals surface area contributed by atoms with Crippen LogP contribution in [0.4, 0.5) is 4.39 Å². The van der Waals surface area contributed by atoms with E-state index in [1.807, 2.05) is 12.1 Å². The van der Waals surface area contributed by atoms with Crippen LogP contribution in [0, 0.1) is 12.7 Å². The number of aromatic nitrogens is 2. The summed E-state index contributed by atoms with van der Waals surface area (Å²) in [6.07, 6.45) is 0. The number of para-hydroxylation sites is 1. The summed E-state index contributed by atoms with van der Waals surface area (Å²) < 4.78 is 18.0. The van der Waals surface area contributed by atoms with Gasteiger partial charge in [0.1, 0.15) is 11.3 Å². The third-order valence-electron chi connectivity index (χ3n) is 6.22. The summed E-state index contributed by atoms with van der Waals surface area (Å²) in [5, 5.41) is 3.80. The second kappa shape index (κ2) is 6.14. The van der Waals surface area contributed by atoms with Crippen molar-refractivity contribution in [3.05, 3.63) is 96.3 Å². The quantitative estimate of drug-likeness (QED) is 0.229. The number of imidazole rings is 1. The maximum absolute atomic E-state index is 13.4. The van der Waals surface area contributed by atoms with E-state index in [-0.39, 0.29) is 5.82 Å². The number of halogens is 1. The Morgan fingerprint density at radius 1 is 0.733 bits per heavy atom. The first-order valence-electron chi connectivity index (χ1n) is 10.1. The normalized spacial score (nSPS) is 11.8. The maximum atomic E-state index is 13.4. The van der Waals surface area contributed by atoms with Gasteiger partial charge in [0, 0.05) is 10.8 Å². The molecule has 3 heteroatoms. The Morgan fingerprint density at radius 3 is 2.30 bits per heavy atom. The molecule has 0 N–H and O–H groups in total. The first kappa shape index (κ1) is 17.2. The fraction of sp³-hybridized carbons (Fsp3) is 0.0741. The summed E-state index contributed by atoms with van der Waals surface area (Å²) in [5.41, 5.74) is 8.07. The number of hydrogen-bond donors (Lipinski definition) is 0. The molecule has 0 spiro atoms. The van der Waals surface area contributed by atoms with Gasteiger partial charge in [-0.15, -0.1) is 0 Å². The van der Waals surface area contributed by atoms with Gasteiger partial charge in [0.05, 0.1) is 12.4 Å². The third kappa shape index (κ3) is 2.26. The molecule has 0 unspecified atom stereocenters. The Morgan fingerprint density at radius 2 is 1.47 bits per heavy atom. The second-order valence-corrected chi connectivity index (χ2v) is 7.94. The van der Waals surface area contributed by atoms with Crippen molar-refractivity contribution in [2.45, 2.75) is 6.92 Å². The van der Waals surface area contributed by atoms with E-state index in [2.05, 4.69) is 83.6 Å². The summed E-state index contributed by atoms with van der Waals surface area (Å²) in [5.74, 6) is -0.214. The van der Waals surface area contributed by atoms with E-state index in [4.69, 9.17) is 0 Å². The molecule has 30 heavy (non-hydrogen) atoms. The fourth-order valence-electron chi connectivity index (χ4n) is 4.79. The van der Waals surface area contributed by atoms with Gasteiger partial charge in [-0.3, -0.25) is 0 Å². The summed E-state index contributed by atoms with van der Waals surface area (Å²) in [4.78, 5) is 0. The molecule has 2 nitrogen and oxygen atoms in total. The van der Waals surface area contributed by atoms with Gasteiger partial charge in [-0.05, 0) is 60.0 Å². The van der Waals surface area contributed by atoms with Gasteiger partial charge in [-0.1, -0.05) is 48.5 Å². The highest BCUT2D eigenvalue weighted by Gasteiger charge is 2.24. The number of rotatable bonds is 1. The lowest BCUT2D eigenvalue weighted by molar-refractivity contribution is -0.449. The molecule has 6 rings (SSSR count). The molecular weight excluding hydrogens is 371 g/mol. The summed E-state index contributed by atoms with van der Waals surface area (Å²) in [6.45, 7) is 2.18. The molecule has 0 aliphatic rings. The van der Waals surface area contributed by atoms with Crippen LogP contribution in [0.2, 0.25) is 0 Å². The Hall–Kier alpha value is -3.72. The van der Waals surface area contributed by atoms with E-state index in [1.165, 1.54) is 50.5 Å². The Labute approximate surface area is 173 Å². The monoisotopic (exact) mass is 391 g/mol. The molecule has 0 saturated carbocycles. The minimum Gasteiger partial charge on any atom is -0.225 e. The molecule has 0 atom stereocenters. The molecule has 144 valence electrons. The SMILES string of the molecule is Cc1cccc2c3ccccc3[n+]3c4ccc(-c5ccc(F)cc5)cc4n(C)c3c12. The molecular formula is C27H20FN2+. The van der Waals surface area contributed by atoms with Crippen molar-refractivity contribution in [2.24, 2.45) is 7.05 Å². The van der Waals surface area contributed by atoms with Crippen molar-refractivity contribution < 1.29 is 8.79 Å². The lowest BCUT2D eigenvalue weighted by atomic mass is 10.0. The average Bonchev–Trinajstić information content (AvgIpc) is 3.07. The summed E-state index contributed by atoms with van der Waals surface area (Å²) in [7, 11) is 2.13. The largest absolute Gasteiger partial charge is 0.295 e. The van der Waals surface area contributed by atoms with Crippen LogP contribution in [0.25, 0.3) is 49.5 Å². The molecule has 0 bridgehead atoms.